The van der Waals surface area contributed by atoms with Crippen molar-refractivity contribution in [3.05, 3.63) is 45.1 Å². The third kappa shape index (κ3) is 3.32. The Hall–Kier alpha value is -3.10. The van der Waals surface area contributed by atoms with E-state index in [0.29, 0.717) is 55.0 Å². The zero-order valence-electron chi connectivity index (χ0n) is 15.3. The molecule has 0 aliphatic carbocycles. The first kappa shape index (κ1) is 18.7. The molecule has 144 valence electrons. The molecule has 2 aromatic rings. The third-order valence-electron chi connectivity index (χ3n) is 4.88. The first-order chi connectivity index (χ1) is 12.8. The highest BCUT2D eigenvalue weighted by atomic mass is 16.5. The Morgan fingerprint density at radius 2 is 2.00 bits per heavy atom. The number of carboxylic acid groups (broad SMARTS) is 1. The van der Waals surface area contributed by atoms with Crippen LogP contribution in [0.25, 0.3) is 16.9 Å². The summed E-state index contributed by atoms with van der Waals surface area (Å²) in [6.07, 6.45) is 1.48. The smallest absolute Gasteiger partial charge is 0.407 e. The molecule has 9 nitrogen and oxygen atoms in total. The number of hydrogen-bond donors (Lipinski definition) is 1. The SMILES string of the molecule is C=C(OCC)c1cnc2c(c1)n(C)c(=O)c(=O)n2C1CCN(C(=O)O)CC1. The molecule has 1 aliphatic heterocycles. The van der Waals surface area contributed by atoms with Gasteiger partial charge in [-0.25, -0.2) is 9.78 Å². The van der Waals surface area contributed by atoms with Crippen LogP contribution in [0.5, 0.6) is 0 Å². The second-order valence-corrected chi connectivity index (χ2v) is 6.46. The quantitative estimate of drug-likeness (QED) is 0.641. The van der Waals surface area contributed by atoms with Crippen molar-refractivity contribution in [2.45, 2.75) is 25.8 Å². The van der Waals surface area contributed by atoms with Gasteiger partial charge in [-0.3, -0.25) is 14.2 Å². The van der Waals surface area contributed by atoms with E-state index in [1.54, 1.807) is 12.3 Å². The van der Waals surface area contributed by atoms with Gasteiger partial charge in [0.1, 0.15) is 5.76 Å². The molecule has 1 fully saturated rings. The molecule has 0 spiro atoms. The van der Waals surface area contributed by atoms with E-state index < -0.39 is 17.2 Å². The number of ether oxygens (including phenoxy) is 1. The van der Waals surface area contributed by atoms with Gasteiger partial charge in [-0.15, -0.1) is 0 Å². The predicted octanol–water partition coefficient (Wildman–Crippen LogP) is 1.42. The summed E-state index contributed by atoms with van der Waals surface area (Å²) >= 11 is 0. The lowest BCUT2D eigenvalue weighted by Gasteiger charge is -2.31. The van der Waals surface area contributed by atoms with Crippen LogP contribution in [0.3, 0.4) is 0 Å². The summed E-state index contributed by atoms with van der Waals surface area (Å²) in [4.78, 5) is 41.9. The van der Waals surface area contributed by atoms with Crippen LogP contribution in [0.15, 0.2) is 28.4 Å². The van der Waals surface area contributed by atoms with Crippen LogP contribution in [0.2, 0.25) is 0 Å². The third-order valence-corrected chi connectivity index (χ3v) is 4.88. The minimum atomic E-state index is -0.980. The van der Waals surface area contributed by atoms with Gasteiger partial charge in [-0.2, -0.15) is 0 Å². The molecule has 0 saturated carbocycles. The van der Waals surface area contributed by atoms with Gasteiger partial charge in [0.25, 0.3) is 0 Å². The van der Waals surface area contributed by atoms with Gasteiger partial charge < -0.3 is 19.3 Å². The molecule has 0 radical (unpaired) electrons. The van der Waals surface area contributed by atoms with Crippen LogP contribution in [-0.2, 0) is 11.8 Å². The largest absolute Gasteiger partial charge is 0.494 e. The van der Waals surface area contributed by atoms with Crippen molar-refractivity contribution < 1.29 is 14.6 Å². The fourth-order valence-electron chi connectivity index (χ4n) is 3.39. The summed E-state index contributed by atoms with van der Waals surface area (Å²) in [5.41, 5.74) is 0.222. The van der Waals surface area contributed by atoms with E-state index in [-0.39, 0.29) is 6.04 Å². The average Bonchev–Trinajstić information content (AvgIpc) is 2.66. The summed E-state index contributed by atoms with van der Waals surface area (Å²) < 4.78 is 8.08. The molecule has 27 heavy (non-hydrogen) atoms. The Kier molecular flexibility index (Phi) is 5.02. The molecular formula is C18H22N4O5. The van der Waals surface area contributed by atoms with E-state index in [0.717, 1.165) is 0 Å². The Labute approximate surface area is 155 Å². The van der Waals surface area contributed by atoms with Crippen LogP contribution in [0, 0.1) is 0 Å². The van der Waals surface area contributed by atoms with Crippen LogP contribution in [0.4, 0.5) is 4.79 Å². The number of fused-ring (bicyclic) bond motifs is 1. The number of likely N-dealkylation sites (tertiary alicyclic amines) is 1. The summed E-state index contributed by atoms with van der Waals surface area (Å²) in [6.45, 7) is 6.76. The topological polar surface area (TPSA) is 107 Å². The molecule has 3 heterocycles. The Balaban J connectivity index is 2.10. The first-order valence-corrected chi connectivity index (χ1v) is 8.76. The highest BCUT2D eigenvalue weighted by Crippen LogP contribution is 2.25. The van der Waals surface area contributed by atoms with Crippen molar-refractivity contribution in [2.24, 2.45) is 7.05 Å². The summed E-state index contributed by atoms with van der Waals surface area (Å²) in [5, 5.41) is 9.10. The van der Waals surface area contributed by atoms with Gasteiger partial charge in [0.15, 0.2) is 5.65 Å². The van der Waals surface area contributed by atoms with Crippen LogP contribution in [0.1, 0.15) is 31.4 Å². The fraction of sp³-hybridized carbons (Fsp3) is 0.444. The second kappa shape index (κ2) is 7.26. The number of nitrogens with zero attached hydrogens (tertiary/aromatic N) is 4. The van der Waals surface area contributed by atoms with E-state index in [4.69, 9.17) is 9.84 Å². The van der Waals surface area contributed by atoms with Gasteiger partial charge >= 0.3 is 17.2 Å². The molecule has 1 saturated heterocycles. The summed E-state index contributed by atoms with van der Waals surface area (Å²) in [7, 11) is 1.53. The van der Waals surface area contributed by atoms with Crippen molar-refractivity contribution >= 4 is 23.0 Å². The molecule has 0 atom stereocenters. The molecular weight excluding hydrogens is 352 g/mol. The maximum Gasteiger partial charge on any atom is 0.407 e. The molecule has 2 aromatic heterocycles. The molecule has 1 amide bonds. The maximum absolute atomic E-state index is 12.7. The van der Waals surface area contributed by atoms with Gasteiger partial charge in [0, 0.05) is 37.9 Å². The zero-order valence-corrected chi connectivity index (χ0v) is 15.3. The Morgan fingerprint density at radius 3 is 2.59 bits per heavy atom. The van der Waals surface area contributed by atoms with Crippen LogP contribution < -0.4 is 11.1 Å². The number of carbonyl (C=O) groups is 1. The summed E-state index contributed by atoms with van der Waals surface area (Å²) in [6, 6.07) is 1.45. The van der Waals surface area contributed by atoms with E-state index in [1.165, 1.54) is 21.1 Å². The first-order valence-electron chi connectivity index (χ1n) is 8.76. The van der Waals surface area contributed by atoms with E-state index >= 15 is 0 Å². The molecule has 0 unspecified atom stereocenters. The van der Waals surface area contributed by atoms with Gasteiger partial charge in [0.05, 0.1) is 12.1 Å². The standard InChI is InChI=1S/C18H22N4O5/c1-4-27-11(2)12-9-14-15(19-10-12)22(17(24)16(23)20(14)3)13-5-7-21(8-6-13)18(25)26/h9-10,13H,2,4-8H2,1,3H3,(H,25,26). The van der Waals surface area contributed by atoms with E-state index in [2.05, 4.69) is 11.6 Å². The van der Waals surface area contributed by atoms with E-state index in [1.807, 2.05) is 6.92 Å². The summed E-state index contributed by atoms with van der Waals surface area (Å²) in [5.74, 6) is 0.437. The number of piperidine rings is 1. The Bertz CT molecular complexity index is 1010. The number of amides is 1. The zero-order chi connectivity index (χ0) is 19.7. The second-order valence-electron chi connectivity index (χ2n) is 6.46. The van der Waals surface area contributed by atoms with Crippen molar-refractivity contribution in [2.75, 3.05) is 19.7 Å². The fourth-order valence-corrected chi connectivity index (χ4v) is 3.39. The molecule has 0 aromatic carbocycles. The van der Waals surface area contributed by atoms with Gasteiger partial charge in [-0.1, -0.05) is 6.58 Å². The lowest BCUT2D eigenvalue weighted by atomic mass is 10.0. The number of hydrogen-bond acceptors (Lipinski definition) is 5. The Morgan fingerprint density at radius 1 is 1.33 bits per heavy atom. The normalized spacial score (nSPS) is 15.1. The molecule has 0 bridgehead atoms. The van der Waals surface area contributed by atoms with Crippen molar-refractivity contribution in [3.63, 3.8) is 0 Å². The van der Waals surface area contributed by atoms with Gasteiger partial charge in [0.2, 0.25) is 0 Å². The maximum atomic E-state index is 12.7. The minimum absolute atomic E-state index is 0.280. The average molecular weight is 374 g/mol. The number of pyridine rings is 1. The minimum Gasteiger partial charge on any atom is -0.494 e. The molecule has 3 rings (SSSR count). The van der Waals surface area contributed by atoms with Crippen LogP contribution in [-0.4, -0.2) is 49.9 Å². The van der Waals surface area contributed by atoms with E-state index in [9.17, 15) is 14.4 Å². The van der Waals surface area contributed by atoms with Crippen molar-refractivity contribution in [3.8, 4) is 0 Å². The number of rotatable bonds is 4. The van der Waals surface area contributed by atoms with Crippen molar-refractivity contribution in [1.29, 1.82) is 0 Å². The van der Waals surface area contributed by atoms with Crippen LogP contribution >= 0.6 is 0 Å². The van der Waals surface area contributed by atoms with Gasteiger partial charge in [-0.05, 0) is 25.8 Å². The predicted molar refractivity (Wildman–Crippen MR) is 99.8 cm³/mol. The lowest BCUT2D eigenvalue weighted by molar-refractivity contribution is 0.125. The molecule has 9 heteroatoms. The number of aromatic nitrogens is 3. The molecule has 1 N–H and O–H groups in total. The highest BCUT2D eigenvalue weighted by molar-refractivity contribution is 5.75. The number of aryl methyl sites for hydroxylation is 1. The highest BCUT2D eigenvalue weighted by Gasteiger charge is 2.27. The monoisotopic (exact) mass is 374 g/mol. The molecule has 1 aliphatic rings. The van der Waals surface area contributed by atoms with Crippen molar-refractivity contribution in [1.82, 2.24) is 19.0 Å². The lowest BCUT2D eigenvalue weighted by Crippen LogP contribution is -2.45.